The summed E-state index contributed by atoms with van der Waals surface area (Å²) in [5.74, 6) is 0.758. The fourth-order valence-electron chi connectivity index (χ4n) is 2.60. The fraction of sp³-hybridized carbons (Fsp3) is 0.391. The maximum Gasteiger partial charge on any atom is 0.167 e. The number of aromatic nitrogens is 1. The van der Waals surface area contributed by atoms with Crippen molar-refractivity contribution in [3.05, 3.63) is 60.4 Å². The number of benzene rings is 1. The monoisotopic (exact) mass is 365 g/mol. The van der Waals surface area contributed by atoms with Gasteiger partial charge in [-0.25, -0.2) is 0 Å². The molecule has 1 N–H and O–H groups in total. The van der Waals surface area contributed by atoms with Crippen LogP contribution in [0.25, 0.3) is 17.0 Å². The summed E-state index contributed by atoms with van der Waals surface area (Å²) in [6.07, 6.45) is 8.80. The molecule has 0 bridgehead atoms. The first kappa shape index (κ1) is 20.7. The summed E-state index contributed by atoms with van der Waals surface area (Å²) in [6, 6.07) is 10.4. The van der Waals surface area contributed by atoms with Gasteiger partial charge in [-0.2, -0.15) is 0 Å². The minimum atomic E-state index is 0.141. The van der Waals surface area contributed by atoms with Gasteiger partial charge in [-0.3, -0.25) is 4.99 Å². The van der Waals surface area contributed by atoms with Crippen LogP contribution in [0.1, 0.15) is 58.2 Å². The van der Waals surface area contributed by atoms with E-state index >= 15 is 0 Å². The first-order chi connectivity index (χ1) is 12.9. The lowest BCUT2D eigenvalue weighted by molar-refractivity contribution is 0.429. The molecule has 1 heterocycles. The molecule has 0 aliphatic heterocycles. The van der Waals surface area contributed by atoms with Crippen molar-refractivity contribution in [2.45, 2.75) is 52.4 Å². The smallest absolute Gasteiger partial charge is 0.167 e. The van der Waals surface area contributed by atoms with Gasteiger partial charge < -0.3 is 9.84 Å². The van der Waals surface area contributed by atoms with Gasteiger partial charge in [-0.15, -0.1) is 0 Å². The topological polar surface area (TPSA) is 50.4 Å². The zero-order chi connectivity index (χ0) is 19.7. The minimum Gasteiger partial charge on any atom is -0.384 e. The number of rotatable bonds is 9. The maximum atomic E-state index is 5.51. The van der Waals surface area contributed by atoms with Gasteiger partial charge in [0, 0.05) is 30.6 Å². The predicted molar refractivity (Wildman–Crippen MR) is 115 cm³/mol. The lowest BCUT2D eigenvalue weighted by Gasteiger charge is -2.18. The number of hydrogen-bond donors (Lipinski definition) is 1. The van der Waals surface area contributed by atoms with Gasteiger partial charge in [0.1, 0.15) is 5.69 Å². The van der Waals surface area contributed by atoms with Crippen LogP contribution in [-0.2, 0) is 5.41 Å². The van der Waals surface area contributed by atoms with E-state index in [0.717, 1.165) is 48.5 Å². The molecule has 1 aromatic heterocycles. The van der Waals surface area contributed by atoms with E-state index in [2.05, 4.69) is 67.1 Å². The lowest BCUT2D eigenvalue weighted by Crippen LogP contribution is -2.13. The molecule has 0 spiro atoms. The van der Waals surface area contributed by atoms with Crippen LogP contribution in [0.2, 0.25) is 0 Å². The molecule has 0 unspecified atom stereocenters. The van der Waals surface area contributed by atoms with Gasteiger partial charge in [0.05, 0.1) is 5.70 Å². The Balaban J connectivity index is 1.83. The van der Waals surface area contributed by atoms with Gasteiger partial charge in [0.2, 0.25) is 0 Å². The molecular weight excluding hydrogens is 334 g/mol. The van der Waals surface area contributed by atoms with Gasteiger partial charge in [0.25, 0.3) is 0 Å². The quantitative estimate of drug-likeness (QED) is 0.440. The average Bonchev–Trinajstić information content (AvgIpc) is 3.13. The highest BCUT2D eigenvalue weighted by Crippen LogP contribution is 2.27. The summed E-state index contributed by atoms with van der Waals surface area (Å²) < 4.78 is 5.51. The zero-order valence-electron chi connectivity index (χ0n) is 17.0. The van der Waals surface area contributed by atoms with Gasteiger partial charge in [-0.05, 0) is 37.2 Å². The highest BCUT2D eigenvalue weighted by Gasteiger charge is 2.14. The molecule has 0 atom stereocenters. The summed E-state index contributed by atoms with van der Waals surface area (Å²) in [4.78, 5) is 4.15. The second-order valence-electron chi connectivity index (χ2n) is 7.62. The van der Waals surface area contributed by atoms with Crippen molar-refractivity contribution in [2.75, 3.05) is 6.54 Å². The molecule has 2 rings (SSSR count). The van der Waals surface area contributed by atoms with E-state index in [9.17, 15) is 0 Å². The summed E-state index contributed by atoms with van der Waals surface area (Å²) >= 11 is 0. The third-order valence-electron chi connectivity index (χ3n) is 4.29. The van der Waals surface area contributed by atoms with Crippen LogP contribution in [-0.4, -0.2) is 17.9 Å². The highest BCUT2D eigenvalue weighted by molar-refractivity contribution is 5.65. The van der Waals surface area contributed by atoms with E-state index in [0.29, 0.717) is 0 Å². The van der Waals surface area contributed by atoms with Gasteiger partial charge in [0.15, 0.2) is 5.76 Å². The Hall–Kier alpha value is -2.62. The average molecular weight is 366 g/mol. The highest BCUT2D eigenvalue weighted by atomic mass is 16.5. The maximum absolute atomic E-state index is 5.51. The van der Waals surface area contributed by atoms with E-state index in [1.807, 2.05) is 25.3 Å². The lowest BCUT2D eigenvalue weighted by atomic mass is 9.86. The Morgan fingerprint density at radius 1 is 1.22 bits per heavy atom. The van der Waals surface area contributed by atoms with E-state index in [4.69, 9.17) is 4.52 Å². The first-order valence-electron chi connectivity index (χ1n) is 9.55. The molecule has 0 saturated carbocycles. The molecule has 4 nitrogen and oxygen atoms in total. The van der Waals surface area contributed by atoms with Crippen LogP contribution >= 0.6 is 0 Å². The number of aliphatic imine (C=N–C) groups is 1. The predicted octanol–water partition coefficient (Wildman–Crippen LogP) is 5.97. The standard InChI is InChI=1S/C23H31N3O/c1-6-14-24-15-8-7-9-16-25-18(2)21-17-22(27-26-21)19-10-12-20(13-11-19)23(3,4)5/h6,10-15,17,25H,2,7-9,16H2,1,3-5H3/b14-6-,24-15?. The van der Waals surface area contributed by atoms with Crippen molar-refractivity contribution in [3.63, 3.8) is 0 Å². The Labute approximate surface area is 163 Å². The normalized spacial score (nSPS) is 12.1. The molecule has 0 saturated heterocycles. The summed E-state index contributed by atoms with van der Waals surface area (Å²) in [7, 11) is 0. The van der Waals surface area contributed by atoms with Crippen molar-refractivity contribution in [3.8, 4) is 11.3 Å². The third-order valence-corrected chi connectivity index (χ3v) is 4.29. The molecule has 144 valence electrons. The fourth-order valence-corrected chi connectivity index (χ4v) is 2.60. The van der Waals surface area contributed by atoms with Crippen molar-refractivity contribution in [2.24, 2.45) is 4.99 Å². The molecule has 0 aliphatic rings. The van der Waals surface area contributed by atoms with Crippen LogP contribution in [0.5, 0.6) is 0 Å². The Bertz CT molecular complexity index is 777. The van der Waals surface area contributed by atoms with Crippen molar-refractivity contribution in [1.82, 2.24) is 10.5 Å². The van der Waals surface area contributed by atoms with Crippen LogP contribution in [0.15, 0.2) is 58.7 Å². The molecule has 0 aliphatic carbocycles. The van der Waals surface area contributed by atoms with Crippen LogP contribution in [0, 0.1) is 0 Å². The van der Waals surface area contributed by atoms with Crippen molar-refractivity contribution >= 4 is 11.9 Å². The van der Waals surface area contributed by atoms with E-state index in [-0.39, 0.29) is 5.41 Å². The number of nitrogens with one attached hydrogen (secondary N) is 1. The molecule has 0 amide bonds. The molecule has 4 heteroatoms. The minimum absolute atomic E-state index is 0.141. The number of hydrogen-bond acceptors (Lipinski definition) is 4. The SMILES string of the molecule is C=C(NCCCCC=N/C=C\C)c1cc(-c2ccc(C(C)(C)C)cc2)on1. The second kappa shape index (κ2) is 9.91. The largest absolute Gasteiger partial charge is 0.384 e. The molecule has 27 heavy (non-hydrogen) atoms. The van der Waals surface area contributed by atoms with Gasteiger partial charge >= 0.3 is 0 Å². The van der Waals surface area contributed by atoms with Crippen LogP contribution < -0.4 is 5.32 Å². The molecule has 1 aromatic carbocycles. The summed E-state index contributed by atoms with van der Waals surface area (Å²) in [5.41, 5.74) is 4.00. The van der Waals surface area contributed by atoms with Gasteiger partial charge in [-0.1, -0.05) is 62.8 Å². The third kappa shape index (κ3) is 6.55. The molecule has 0 fully saturated rings. The number of nitrogens with zero attached hydrogens (tertiary/aromatic N) is 2. The second-order valence-corrected chi connectivity index (χ2v) is 7.62. The summed E-state index contributed by atoms with van der Waals surface area (Å²) in [6.45, 7) is 13.5. The molecule has 2 aromatic rings. The van der Waals surface area contributed by atoms with E-state index in [1.54, 1.807) is 6.20 Å². The van der Waals surface area contributed by atoms with E-state index in [1.165, 1.54) is 5.56 Å². The number of unbranched alkanes of at least 4 members (excludes halogenated alkanes) is 2. The van der Waals surface area contributed by atoms with Crippen molar-refractivity contribution < 1.29 is 4.52 Å². The summed E-state index contributed by atoms with van der Waals surface area (Å²) in [5, 5.41) is 7.47. The van der Waals surface area contributed by atoms with Crippen LogP contribution in [0.4, 0.5) is 0 Å². The zero-order valence-corrected chi connectivity index (χ0v) is 17.0. The van der Waals surface area contributed by atoms with E-state index < -0.39 is 0 Å². The number of allylic oxidation sites excluding steroid dienone is 1. The first-order valence-corrected chi connectivity index (χ1v) is 9.55. The Kier molecular flexibility index (Phi) is 7.59. The van der Waals surface area contributed by atoms with Crippen molar-refractivity contribution in [1.29, 1.82) is 0 Å². The Morgan fingerprint density at radius 2 is 1.96 bits per heavy atom. The molecular formula is C23H31N3O. The molecule has 0 radical (unpaired) electrons. The Morgan fingerprint density at radius 3 is 2.63 bits per heavy atom. The van der Waals surface area contributed by atoms with Crippen LogP contribution in [0.3, 0.4) is 0 Å².